The number of sulfonamides is 1. The minimum atomic E-state index is -3.65. The normalized spacial score (nSPS) is 17.5. The van der Waals surface area contributed by atoms with E-state index in [1.54, 1.807) is 30.3 Å². The first kappa shape index (κ1) is 19.3. The Bertz CT molecular complexity index is 1210. The lowest BCUT2D eigenvalue weighted by atomic mass is 10.2. The van der Waals surface area contributed by atoms with Gasteiger partial charge in [0.15, 0.2) is 11.5 Å². The van der Waals surface area contributed by atoms with Gasteiger partial charge in [0, 0.05) is 23.2 Å². The third kappa shape index (κ3) is 3.97. The Kier molecular flexibility index (Phi) is 4.83. The fourth-order valence-electron chi connectivity index (χ4n) is 3.87. The number of anilines is 1. The summed E-state index contributed by atoms with van der Waals surface area (Å²) >= 11 is 0. The number of oxazole rings is 1. The van der Waals surface area contributed by atoms with Crippen LogP contribution in [0, 0.1) is 0 Å². The predicted octanol–water partition coefficient (Wildman–Crippen LogP) is 4.18. The second kappa shape index (κ2) is 7.52. The summed E-state index contributed by atoms with van der Waals surface area (Å²) in [5, 5.41) is 2.82. The molecule has 1 amide bonds. The van der Waals surface area contributed by atoms with Gasteiger partial charge in [-0.3, -0.25) is 4.79 Å². The predicted molar refractivity (Wildman–Crippen MR) is 113 cm³/mol. The number of nitrogens with zero attached hydrogens (tertiary/aromatic N) is 1. The summed E-state index contributed by atoms with van der Waals surface area (Å²) in [5.41, 5.74) is 2.26. The van der Waals surface area contributed by atoms with Crippen LogP contribution in [0.2, 0.25) is 0 Å². The van der Waals surface area contributed by atoms with Crippen molar-refractivity contribution in [2.24, 2.45) is 0 Å². The molecule has 0 radical (unpaired) electrons. The van der Waals surface area contributed by atoms with Crippen LogP contribution in [0.1, 0.15) is 60.7 Å². The molecule has 3 aromatic rings. The van der Waals surface area contributed by atoms with Crippen LogP contribution in [0.4, 0.5) is 5.69 Å². The first-order valence-electron chi connectivity index (χ1n) is 10.3. The summed E-state index contributed by atoms with van der Waals surface area (Å²) in [4.78, 5) is 17.3. The van der Waals surface area contributed by atoms with Gasteiger partial charge in [0.1, 0.15) is 5.52 Å². The van der Waals surface area contributed by atoms with Crippen molar-refractivity contribution in [3.8, 4) is 0 Å². The topological polar surface area (TPSA) is 101 Å². The SMILES string of the molecule is O=C(Nc1ccc2oc(C3CC3)nc2c1)c1cccc(S(=O)(=O)NC2CCCC2)c1. The maximum atomic E-state index is 12.7. The third-order valence-electron chi connectivity index (χ3n) is 5.67. The first-order valence-corrected chi connectivity index (χ1v) is 11.8. The molecule has 2 aliphatic rings. The maximum Gasteiger partial charge on any atom is 0.255 e. The molecule has 0 atom stereocenters. The standard InChI is InChI=1S/C22H23N3O4S/c26-21(23-17-10-11-20-19(13-17)24-22(29-20)14-8-9-14)15-4-3-7-18(12-15)30(27,28)25-16-5-1-2-6-16/h3-4,7,10-14,16,25H,1-2,5-6,8-9H2,(H,23,26). The summed E-state index contributed by atoms with van der Waals surface area (Å²) in [7, 11) is -3.65. The van der Waals surface area contributed by atoms with Gasteiger partial charge >= 0.3 is 0 Å². The van der Waals surface area contributed by atoms with E-state index in [2.05, 4.69) is 15.0 Å². The van der Waals surface area contributed by atoms with Gasteiger partial charge in [-0.25, -0.2) is 18.1 Å². The van der Waals surface area contributed by atoms with Gasteiger partial charge in [-0.1, -0.05) is 18.9 Å². The third-order valence-corrected chi connectivity index (χ3v) is 7.19. The number of nitrogens with one attached hydrogen (secondary N) is 2. The van der Waals surface area contributed by atoms with Crippen molar-refractivity contribution in [2.75, 3.05) is 5.32 Å². The van der Waals surface area contributed by atoms with Crippen LogP contribution >= 0.6 is 0 Å². The van der Waals surface area contributed by atoms with Gasteiger partial charge in [-0.05, 0) is 62.1 Å². The van der Waals surface area contributed by atoms with Gasteiger partial charge in [0.25, 0.3) is 5.91 Å². The summed E-state index contributed by atoms with van der Waals surface area (Å²) in [6.45, 7) is 0. The molecular weight excluding hydrogens is 402 g/mol. The summed E-state index contributed by atoms with van der Waals surface area (Å²) < 4.78 is 33.8. The molecule has 1 aromatic heterocycles. The van der Waals surface area contributed by atoms with Gasteiger partial charge in [-0.2, -0.15) is 0 Å². The highest BCUT2D eigenvalue weighted by atomic mass is 32.2. The Morgan fingerprint density at radius 1 is 1.03 bits per heavy atom. The number of hydrogen-bond donors (Lipinski definition) is 2. The Balaban J connectivity index is 1.33. The molecule has 0 saturated heterocycles. The highest BCUT2D eigenvalue weighted by Gasteiger charge is 2.29. The maximum absolute atomic E-state index is 12.7. The van der Waals surface area contributed by atoms with E-state index in [4.69, 9.17) is 4.42 Å². The van der Waals surface area contributed by atoms with Crippen molar-refractivity contribution in [2.45, 2.75) is 55.4 Å². The quantitative estimate of drug-likeness (QED) is 0.617. The second-order valence-corrected chi connectivity index (χ2v) is 9.81. The second-order valence-electron chi connectivity index (χ2n) is 8.09. The van der Waals surface area contributed by atoms with Crippen molar-refractivity contribution >= 4 is 32.7 Å². The molecule has 1 heterocycles. The van der Waals surface area contributed by atoms with Gasteiger partial charge in [0.05, 0.1) is 4.90 Å². The van der Waals surface area contributed by atoms with Crippen molar-refractivity contribution in [1.29, 1.82) is 0 Å². The molecule has 156 valence electrons. The number of amides is 1. The number of aromatic nitrogens is 1. The summed E-state index contributed by atoms with van der Waals surface area (Å²) in [6.07, 6.45) is 5.98. The average molecular weight is 426 g/mol. The Morgan fingerprint density at radius 2 is 1.83 bits per heavy atom. The monoisotopic (exact) mass is 425 g/mol. The Morgan fingerprint density at radius 3 is 2.60 bits per heavy atom. The molecule has 2 saturated carbocycles. The molecule has 0 unspecified atom stereocenters. The minimum absolute atomic E-state index is 0.0257. The average Bonchev–Trinajstić information content (AvgIpc) is 3.30. The first-order chi connectivity index (χ1) is 14.5. The zero-order chi connectivity index (χ0) is 20.7. The molecule has 0 aliphatic heterocycles. The lowest BCUT2D eigenvalue weighted by molar-refractivity contribution is 0.102. The number of hydrogen-bond acceptors (Lipinski definition) is 5. The number of benzene rings is 2. The molecule has 30 heavy (non-hydrogen) atoms. The summed E-state index contributed by atoms with van der Waals surface area (Å²) in [6, 6.07) is 11.4. The molecule has 7 nitrogen and oxygen atoms in total. The number of rotatable bonds is 6. The van der Waals surface area contributed by atoms with Crippen molar-refractivity contribution < 1.29 is 17.6 Å². The van der Waals surface area contributed by atoms with E-state index >= 15 is 0 Å². The molecule has 2 fully saturated rings. The molecule has 0 spiro atoms. The number of fused-ring (bicyclic) bond motifs is 1. The molecule has 8 heteroatoms. The van der Waals surface area contributed by atoms with E-state index in [1.807, 2.05) is 0 Å². The van der Waals surface area contributed by atoms with E-state index in [0.29, 0.717) is 22.7 Å². The van der Waals surface area contributed by atoms with E-state index in [9.17, 15) is 13.2 Å². The van der Waals surface area contributed by atoms with Crippen molar-refractivity contribution in [1.82, 2.24) is 9.71 Å². The summed E-state index contributed by atoms with van der Waals surface area (Å²) in [5.74, 6) is 0.789. The zero-order valence-corrected chi connectivity index (χ0v) is 17.2. The Labute approximate surface area is 174 Å². The van der Waals surface area contributed by atoms with Gasteiger partial charge in [-0.15, -0.1) is 0 Å². The lowest BCUT2D eigenvalue weighted by Gasteiger charge is -2.13. The zero-order valence-electron chi connectivity index (χ0n) is 16.4. The highest BCUT2D eigenvalue weighted by Crippen LogP contribution is 2.40. The van der Waals surface area contributed by atoms with Crippen LogP contribution in [0.3, 0.4) is 0 Å². The molecule has 2 N–H and O–H groups in total. The van der Waals surface area contributed by atoms with Crippen LogP contribution in [0.25, 0.3) is 11.1 Å². The highest BCUT2D eigenvalue weighted by molar-refractivity contribution is 7.89. The van der Waals surface area contributed by atoms with E-state index in [0.717, 1.165) is 44.4 Å². The van der Waals surface area contributed by atoms with Crippen LogP contribution in [0.5, 0.6) is 0 Å². The van der Waals surface area contributed by atoms with E-state index < -0.39 is 10.0 Å². The number of carbonyl (C=O) groups excluding carboxylic acids is 1. The van der Waals surface area contributed by atoms with Crippen molar-refractivity contribution in [3.63, 3.8) is 0 Å². The van der Waals surface area contributed by atoms with Crippen LogP contribution in [0.15, 0.2) is 51.8 Å². The molecule has 5 rings (SSSR count). The molecule has 2 aliphatic carbocycles. The molecular formula is C22H23N3O4S. The van der Waals surface area contributed by atoms with Crippen LogP contribution < -0.4 is 10.0 Å². The fourth-order valence-corrected chi connectivity index (χ4v) is 5.22. The van der Waals surface area contributed by atoms with Crippen molar-refractivity contribution in [3.05, 3.63) is 53.9 Å². The lowest BCUT2D eigenvalue weighted by Crippen LogP contribution is -2.32. The van der Waals surface area contributed by atoms with Gasteiger partial charge in [0.2, 0.25) is 10.0 Å². The molecule has 2 aromatic carbocycles. The smallest absolute Gasteiger partial charge is 0.255 e. The van der Waals surface area contributed by atoms with E-state index in [-0.39, 0.29) is 22.4 Å². The Hall–Kier alpha value is -2.71. The van der Waals surface area contributed by atoms with E-state index in [1.165, 1.54) is 12.1 Å². The number of carbonyl (C=O) groups is 1. The van der Waals surface area contributed by atoms with Gasteiger partial charge < -0.3 is 9.73 Å². The van der Waals surface area contributed by atoms with Crippen LogP contribution in [-0.4, -0.2) is 25.4 Å². The largest absolute Gasteiger partial charge is 0.440 e. The minimum Gasteiger partial charge on any atom is -0.440 e. The van der Waals surface area contributed by atoms with Crippen LogP contribution in [-0.2, 0) is 10.0 Å². The molecule has 0 bridgehead atoms. The fraction of sp³-hybridized carbons (Fsp3) is 0.364.